The Morgan fingerprint density at radius 2 is 1.88 bits per heavy atom. The standard InChI is InChI=1S/C15H19ClN4O4S2/c1-5-24-11-8-6-10(7-9-11)17-14(21)20(4)15-18-12(16)13(25-15)26(22,23)19(2)3/h6-9H,5H2,1-4H3,(H,17,21). The number of nitrogens with zero attached hydrogens (tertiary/aromatic N) is 3. The Hall–Kier alpha value is -1.88. The molecule has 2 amide bonds. The number of thiazole rings is 1. The highest BCUT2D eigenvalue weighted by atomic mass is 35.5. The second-order valence-corrected chi connectivity index (χ2v) is 8.99. The Morgan fingerprint density at radius 3 is 2.42 bits per heavy atom. The zero-order chi connectivity index (χ0) is 19.5. The number of urea groups is 1. The van der Waals surface area contributed by atoms with Gasteiger partial charge in [0.2, 0.25) is 0 Å². The number of benzene rings is 1. The van der Waals surface area contributed by atoms with E-state index < -0.39 is 16.1 Å². The molecule has 0 atom stereocenters. The number of rotatable bonds is 6. The number of carbonyl (C=O) groups is 1. The molecule has 0 aliphatic heterocycles. The van der Waals surface area contributed by atoms with E-state index in [-0.39, 0.29) is 14.5 Å². The monoisotopic (exact) mass is 418 g/mol. The van der Waals surface area contributed by atoms with Crippen LogP contribution in [0.2, 0.25) is 5.15 Å². The fraction of sp³-hybridized carbons (Fsp3) is 0.333. The van der Waals surface area contributed by atoms with Crippen LogP contribution in [-0.4, -0.2) is 51.5 Å². The molecule has 0 saturated carbocycles. The van der Waals surface area contributed by atoms with Crippen molar-refractivity contribution >= 4 is 49.8 Å². The molecule has 0 spiro atoms. The molecule has 142 valence electrons. The lowest BCUT2D eigenvalue weighted by Crippen LogP contribution is -2.31. The molecular formula is C15H19ClN4O4S2. The van der Waals surface area contributed by atoms with Gasteiger partial charge in [-0.3, -0.25) is 4.90 Å². The van der Waals surface area contributed by atoms with Crippen molar-refractivity contribution in [3.63, 3.8) is 0 Å². The van der Waals surface area contributed by atoms with E-state index in [1.54, 1.807) is 24.3 Å². The molecule has 1 aromatic carbocycles. The summed E-state index contributed by atoms with van der Waals surface area (Å²) in [5.41, 5.74) is 0.564. The number of aromatic nitrogens is 1. The van der Waals surface area contributed by atoms with Crippen LogP contribution in [0.15, 0.2) is 28.5 Å². The molecule has 0 unspecified atom stereocenters. The van der Waals surface area contributed by atoms with E-state index in [0.717, 1.165) is 15.6 Å². The van der Waals surface area contributed by atoms with E-state index in [9.17, 15) is 13.2 Å². The minimum Gasteiger partial charge on any atom is -0.494 e. The van der Waals surface area contributed by atoms with Crippen LogP contribution in [0.5, 0.6) is 5.75 Å². The van der Waals surface area contributed by atoms with E-state index in [1.165, 1.54) is 26.0 Å². The third-order valence-corrected chi connectivity index (χ3v) is 7.20. The molecule has 0 fully saturated rings. The normalized spacial score (nSPS) is 11.5. The van der Waals surface area contributed by atoms with Crippen molar-refractivity contribution in [1.82, 2.24) is 9.29 Å². The second-order valence-electron chi connectivity index (χ2n) is 5.31. The molecule has 1 heterocycles. The van der Waals surface area contributed by atoms with Gasteiger partial charge >= 0.3 is 6.03 Å². The van der Waals surface area contributed by atoms with Crippen molar-refractivity contribution in [2.75, 3.05) is 38.0 Å². The van der Waals surface area contributed by atoms with Crippen LogP contribution in [0.1, 0.15) is 6.92 Å². The lowest BCUT2D eigenvalue weighted by Gasteiger charge is -2.15. The van der Waals surface area contributed by atoms with Crippen molar-refractivity contribution < 1.29 is 17.9 Å². The summed E-state index contributed by atoms with van der Waals surface area (Å²) in [4.78, 5) is 17.6. The average molecular weight is 419 g/mol. The molecule has 1 N–H and O–H groups in total. The third-order valence-electron chi connectivity index (χ3n) is 3.27. The van der Waals surface area contributed by atoms with Crippen LogP contribution in [0.25, 0.3) is 0 Å². The van der Waals surface area contributed by atoms with Crippen LogP contribution in [0.4, 0.5) is 15.6 Å². The van der Waals surface area contributed by atoms with Crippen molar-refractivity contribution in [2.24, 2.45) is 0 Å². The van der Waals surface area contributed by atoms with Gasteiger partial charge in [-0.25, -0.2) is 22.5 Å². The van der Waals surface area contributed by atoms with E-state index in [1.807, 2.05) is 6.92 Å². The maximum atomic E-state index is 12.4. The van der Waals surface area contributed by atoms with E-state index >= 15 is 0 Å². The first-order valence-electron chi connectivity index (χ1n) is 7.53. The molecule has 0 aliphatic carbocycles. The van der Waals surface area contributed by atoms with Crippen LogP contribution >= 0.6 is 22.9 Å². The van der Waals surface area contributed by atoms with Crippen LogP contribution in [-0.2, 0) is 10.0 Å². The van der Waals surface area contributed by atoms with Gasteiger partial charge in [0, 0.05) is 26.8 Å². The molecule has 11 heteroatoms. The predicted octanol–water partition coefficient (Wildman–Crippen LogP) is 3.11. The van der Waals surface area contributed by atoms with Crippen LogP contribution in [0, 0.1) is 0 Å². The fourth-order valence-corrected chi connectivity index (χ4v) is 4.71. The number of nitrogens with one attached hydrogen (secondary N) is 1. The number of ether oxygens (including phenoxy) is 1. The third kappa shape index (κ3) is 4.44. The Bertz CT molecular complexity index is 882. The number of sulfonamides is 1. The van der Waals surface area contributed by atoms with Gasteiger partial charge < -0.3 is 10.1 Å². The molecule has 1 aromatic heterocycles. The van der Waals surface area contributed by atoms with E-state index in [2.05, 4.69) is 10.3 Å². The predicted molar refractivity (Wildman–Crippen MR) is 103 cm³/mol. The summed E-state index contributed by atoms with van der Waals surface area (Å²) in [6, 6.07) is 6.40. The number of amides is 2. The molecule has 2 rings (SSSR count). The largest absolute Gasteiger partial charge is 0.494 e. The number of hydrogen-bond acceptors (Lipinski definition) is 6. The van der Waals surface area contributed by atoms with Crippen molar-refractivity contribution in [3.05, 3.63) is 29.4 Å². The number of hydrogen-bond donors (Lipinski definition) is 1. The van der Waals surface area contributed by atoms with Crippen LogP contribution < -0.4 is 15.0 Å². The van der Waals surface area contributed by atoms with E-state index in [0.29, 0.717) is 18.0 Å². The Kier molecular flexibility index (Phi) is 6.45. The van der Waals surface area contributed by atoms with E-state index in [4.69, 9.17) is 16.3 Å². The lowest BCUT2D eigenvalue weighted by molar-refractivity contribution is 0.258. The maximum Gasteiger partial charge on any atom is 0.327 e. The Labute approximate surface area is 161 Å². The molecule has 0 bridgehead atoms. The van der Waals surface area contributed by atoms with Crippen LogP contribution in [0.3, 0.4) is 0 Å². The van der Waals surface area contributed by atoms with Crippen molar-refractivity contribution in [2.45, 2.75) is 11.1 Å². The summed E-state index contributed by atoms with van der Waals surface area (Å²) in [5.74, 6) is 0.698. The zero-order valence-corrected chi connectivity index (χ0v) is 17.1. The first-order chi connectivity index (χ1) is 12.2. The highest BCUT2D eigenvalue weighted by Crippen LogP contribution is 2.34. The molecule has 26 heavy (non-hydrogen) atoms. The Morgan fingerprint density at radius 1 is 1.27 bits per heavy atom. The summed E-state index contributed by atoms with van der Waals surface area (Å²) in [7, 11) is 0.540. The van der Waals surface area contributed by atoms with Gasteiger partial charge in [-0.15, -0.1) is 0 Å². The highest BCUT2D eigenvalue weighted by molar-refractivity contribution is 7.91. The van der Waals surface area contributed by atoms with Gasteiger partial charge in [-0.05, 0) is 31.2 Å². The zero-order valence-electron chi connectivity index (χ0n) is 14.7. The minimum atomic E-state index is -3.73. The molecule has 2 aromatic rings. The SMILES string of the molecule is CCOc1ccc(NC(=O)N(C)c2nc(Cl)c(S(=O)(=O)N(C)C)s2)cc1. The first kappa shape index (κ1) is 20.4. The summed E-state index contributed by atoms with van der Waals surface area (Å²) >= 11 is 6.77. The number of anilines is 2. The van der Waals surface area contributed by atoms with Gasteiger partial charge in [-0.2, -0.15) is 0 Å². The molecule has 0 saturated heterocycles. The fourth-order valence-electron chi connectivity index (χ4n) is 1.84. The first-order valence-corrected chi connectivity index (χ1v) is 10.2. The van der Waals surface area contributed by atoms with Gasteiger partial charge in [0.15, 0.2) is 14.5 Å². The summed E-state index contributed by atoms with van der Waals surface area (Å²) in [5, 5.41) is 2.69. The summed E-state index contributed by atoms with van der Waals surface area (Å²) in [6.45, 7) is 2.44. The topological polar surface area (TPSA) is 91.8 Å². The highest BCUT2D eigenvalue weighted by Gasteiger charge is 2.27. The molecule has 0 aliphatic rings. The average Bonchev–Trinajstić information content (AvgIpc) is 2.98. The number of halogens is 1. The summed E-state index contributed by atoms with van der Waals surface area (Å²) in [6.07, 6.45) is 0. The molecule has 0 radical (unpaired) electrons. The molecular weight excluding hydrogens is 400 g/mol. The Balaban J connectivity index is 2.16. The number of carbonyl (C=O) groups excluding carboxylic acids is 1. The second kappa shape index (κ2) is 8.21. The quantitative estimate of drug-likeness (QED) is 0.778. The maximum absolute atomic E-state index is 12.4. The van der Waals surface area contributed by atoms with Gasteiger partial charge in [0.1, 0.15) is 5.75 Å². The van der Waals surface area contributed by atoms with Gasteiger partial charge in [0.25, 0.3) is 10.0 Å². The van der Waals surface area contributed by atoms with Crippen molar-refractivity contribution in [3.8, 4) is 5.75 Å². The smallest absolute Gasteiger partial charge is 0.327 e. The van der Waals surface area contributed by atoms with Crippen molar-refractivity contribution in [1.29, 1.82) is 0 Å². The molecule has 8 nitrogen and oxygen atoms in total. The summed E-state index contributed by atoms with van der Waals surface area (Å²) < 4.78 is 30.7. The lowest BCUT2D eigenvalue weighted by atomic mass is 10.3. The minimum absolute atomic E-state index is 0.111. The van der Waals surface area contributed by atoms with Gasteiger partial charge in [-0.1, -0.05) is 22.9 Å². The van der Waals surface area contributed by atoms with Gasteiger partial charge in [0.05, 0.1) is 6.61 Å².